The highest BCUT2D eigenvalue weighted by Gasteiger charge is 2.29. The van der Waals surface area contributed by atoms with Crippen LogP contribution in [0.2, 0.25) is 0 Å². The molecule has 1 saturated heterocycles. The summed E-state index contributed by atoms with van der Waals surface area (Å²) in [5.74, 6) is 0.613. The molecule has 0 bridgehead atoms. The molecule has 1 aromatic rings. The van der Waals surface area contributed by atoms with Gasteiger partial charge in [-0.05, 0) is 12.0 Å². The van der Waals surface area contributed by atoms with Gasteiger partial charge in [-0.15, -0.1) is 11.3 Å². The Morgan fingerprint density at radius 2 is 1.95 bits per heavy atom. The Balaban J connectivity index is 2.02. The Hall–Kier alpha value is -0.470. The van der Waals surface area contributed by atoms with E-state index in [0.717, 1.165) is 24.5 Å². The van der Waals surface area contributed by atoms with Crippen molar-refractivity contribution in [2.75, 3.05) is 32.7 Å². The number of sulfonamides is 1. The summed E-state index contributed by atoms with van der Waals surface area (Å²) < 4.78 is 26.6. The quantitative estimate of drug-likeness (QED) is 0.885. The fourth-order valence-corrected chi connectivity index (χ4v) is 4.99. The first-order chi connectivity index (χ1) is 9.43. The van der Waals surface area contributed by atoms with Gasteiger partial charge in [0.2, 0.25) is 10.0 Å². The van der Waals surface area contributed by atoms with Crippen LogP contribution in [0.25, 0.3) is 0 Å². The van der Waals surface area contributed by atoms with Gasteiger partial charge in [0.15, 0.2) is 0 Å². The predicted molar refractivity (Wildman–Crippen MR) is 82.2 cm³/mol. The molecule has 1 fully saturated rings. The first-order valence-electron chi connectivity index (χ1n) is 6.93. The van der Waals surface area contributed by atoms with Crippen molar-refractivity contribution in [1.29, 1.82) is 0 Å². The van der Waals surface area contributed by atoms with E-state index in [2.05, 4.69) is 18.7 Å². The van der Waals surface area contributed by atoms with Crippen molar-refractivity contribution >= 4 is 21.4 Å². The summed E-state index contributed by atoms with van der Waals surface area (Å²) in [6.07, 6.45) is 0. The maximum Gasteiger partial charge on any atom is 0.243 e. The zero-order valence-electron chi connectivity index (χ0n) is 12.1. The third kappa shape index (κ3) is 3.59. The number of nitrogens with zero attached hydrogens (tertiary/aromatic N) is 2. The molecule has 2 N–H and O–H groups in total. The summed E-state index contributed by atoms with van der Waals surface area (Å²) in [6.45, 7) is 8.56. The van der Waals surface area contributed by atoms with Gasteiger partial charge in [0.25, 0.3) is 0 Å². The van der Waals surface area contributed by atoms with E-state index in [-0.39, 0.29) is 0 Å². The average molecular weight is 317 g/mol. The number of hydrogen-bond donors (Lipinski definition) is 1. The molecule has 5 nitrogen and oxygen atoms in total. The standard InChI is InChI=1S/C13H23N3O2S2/c1-11(2)9-15-3-5-16(6-4-15)20(17,18)13-7-12(8-14)19-10-13/h7,10-11H,3-6,8-9,14H2,1-2H3. The van der Waals surface area contributed by atoms with E-state index in [1.54, 1.807) is 15.8 Å². The van der Waals surface area contributed by atoms with E-state index in [0.29, 0.717) is 30.4 Å². The maximum absolute atomic E-state index is 12.5. The number of thiophene rings is 1. The van der Waals surface area contributed by atoms with Crippen LogP contribution in [0, 0.1) is 5.92 Å². The van der Waals surface area contributed by atoms with E-state index in [1.807, 2.05) is 0 Å². The molecule has 2 rings (SSSR count). The fourth-order valence-electron chi connectivity index (χ4n) is 2.42. The predicted octanol–water partition coefficient (Wildman–Crippen LogP) is 1.17. The third-order valence-corrected chi connectivity index (χ3v) is 6.41. The lowest BCUT2D eigenvalue weighted by Crippen LogP contribution is -2.49. The molecule has 7 heteroatoms. The zero-order valence-corrected chi connectivity index (χ0v) is 13.7. The van der Waals surface area contributed by atoms with E-state index in [1.165, 1.54) is 11.3 Å². The minimum Gasteiger partial charge on any atom is -0.326 e. The number of nitrogens with two attached hydrogens (primary N) is 1. The Bertz CT molecular complexity index is 532. The van der Waals surface area contributed by atoms with Gasteiger partial charge in [-0.1, -0.05) is 13.8 Å². The maximum atomic E-state index is 12.5. The van der Waals surface area contributed by atoms with Gasteiger partial charge in [0, 0.05) is 49.5 Å². The highest BCUT2D eigenvalue weighted by molar-refractivity contribution is 7.89. The van der Waals surface area contributed by atoms with Crippen molar-refractivity contribution in [2.45, 2.75) is 25.3 Å². The van der Waals surface area contributed by atoms with Crippen molar-refractivity contribution in [3.63, 3.8) is 0 Å². The first-order valence-corrected chi connectivity index (χ1v) is 9.25. The Morgan fingerprint density at radius 1 is 1.30 bits per heavy atom. The molecule has 0 aliphatic carbocycles. The molecule has 1 aliphatic heterocycles. The molecule has 1 aromatic heterocycles. The van der Waals surface area contributed by atoms with E-state index in [4.69, 9.17) is 5.73 Å². The van der Waals surface area contributed by atoms with Crippen molar-refractivity contribution in [1.82, 2.24) is 9.21 Å². The van der Waals surface area contributed by atoms with Crippen LogP contribution in [0.3, 0.4) is 0 Å². The van der Waals surface area contributed by atoms with Gasteiger partial charge >= 0.3 is 0 Å². The summed E-state index contributed by atoms with van der Waals surface area (Å²) in [5, 5.41) is 1.69. The van der Waals surface area contributed by atoms with Gasteiger partial charge in [-0.3, -0.25) is 0 Å². The molecule has 0 amide bonds. The topological polar surface area (TPSA) is 66.6 Å². The van der Waals surface area contributed by atoms with Crippen LogP contribution in [-0.4, -0.2) is 50.3 Å². The highest BCUT2D eigenvalue weighted by Crippen LogP contribution is 2.23. The lowest BCUT2D eigenvalue weighted by molar-refractivity contribution is 0.172. The molecule has 0 spiro atoms. The van der Waals surface area contributed by atoms with E-state index < -0.39 is 10.0 Å². The van der Waals surface area contributed by atoms with Crippen LogP contribution in [-0.2, 0) is 16.6 Å². The van der Waals surface area contributed by atoms with Gasteiger partial charge < -0.3 is 10.6 Å². The summed E-state index contributed by atoms with van der Waals surface area (Å²) in [5.41, 5.74) is 5.54. The normalized spacial score (nSPS) is 18.8. The molecule has 2 heterocycles. The molecule has 0 saturated carbocycles. The monoisotopic (exact) mass is 317 g/mol. The summed E-state index contributed by atoms with van der Waals surface area (Å²) in [7, 11) is -3.34. The number of piperazine rings is 1. The second kappa shape index (κ2) is 6.53. The van der Waals surface area contributed by atoms with Crippen LogP contribution in [0.15, 0.2) is 16.3 Å². The SMILES string of the molecule is CC(C)CN1CCN(S(=O)(=O)c2csc(CN)c2)CC1. The molecule has 0 aromatic carbocycles. The summed E-state index contributed by atoms with van der Waals surface area (Å²) >= 11 is 1.41. The lowest BCUT2D eigenvalue weighted by atomic mass is 10.2. The van der Waals surface area contributed by atoms with Crippen molar-refractivity contribution < 1.29 is 8.42 Å². The van der Waals surface area contributed by atoms with Crippen molar-refractivity contribution in [3.8, 4) is 0 Å². The van der Waals surface area contributed by atoms with Crippen LogP contribution < -0.4 is 5.73 Å². The van der Waals surface area contributed by atoms with Crippen molar-refractivity contribution in [3.05, 3.63) is 16.3 Å². The summed E-state index contributed by atoms with van der Waals surface area (Å²) in [4.78, 5) is 3.62. The molecule has 1 aliphatic rings. The third-order valence-electron chi connectivity index (χ3n) is 3.42. The molecule has 0 radical (unpaired) electrons. The largest absolute Gasteiger partial charge is 0.326 e. The number of hydrogen-bond acceptors (Lipinski definition) is 5. The van der Waals surface area contributed by atoms with Gasteiger partial charge in [0.05, 0.1) is 4.90 Å². The van der Waals surface area contributed by atoms with E-state index in [9.17, 15) is 8.42 Å². The molecular formula is C13H23N3O2S2. The van der Waals surface area contributed by atoms with E-state index >= 15 is 0 Å². The Labute approximate surface area is 125 Å². The lowest BCUT2D eigenvalue weighted by Gasteiger charge is -2.34. The van der Waals surface area contributed by atoms with Gasteiger partial charge in [0.1, 0.15) is 0 Å². The van der Waals surface area contributed by atoms with Crippen molar-refractivity contribution in [2.24, 2.45) is 11.7 Å². The molecule has 0 atom stereocenters. The Morgan fingerprint density at radius 3 is 2.45 bits per heavy atom. The second-order valence-electron chi connectivity index (χ2n) is 5.55. The van der Waals surface area contributed by atoms with Crippen LogP contribution in [0.1, 0.15) is 18.7 Å². The molecule has 0 unspecified atom stereocenters. The molecule has 114 valence electrons. The Kier molecular flexibility index (Phi) is 5.19. The molecular weight excluding hydrogens is 294 g/mol. The minimum absolute atomic E-state index is 0.389. The van der Waals surface area contributed by atoms with Crippen LogP contribution >= 0.6 is 11.3 Å². The first kappa shape index (κ1) is 15.9. The smallest absolute Gasteiger partial charge is 0.243 e. The second-order valence-corrected chi connectivity index (χ2v) is 8.49. The number of rotatable bonds is 5. The summed E-state index contributed by atoms with van der Waals surface area (Å²) in [6, 6.07) is 1.69. The minimum atomic E-state index is -3.34. The van der Waals surface area contributed by atoms with Crippen LogP contribution in [0.4, 0.5) is 0 Å². The fraction of sp³-hybridized carbons (Fsp3) is 0.692. The van der Waals surface area contributed by atoms with Crippen LogP contribution in [0.5, 0.6) is 0 Å². The average Bonchev–Trinajstić information content (AvgIpc) is 2.88. The zero-order chi connectivity index (χ0) is 14.8. The molecule has 20 heavy (non-hydrogen) atoms. The van der Waals surface area contributed by atoms with Gasteiger partial charge in [-0.2, -0.15) is 4.31 Å². The highest BCUT2D eigenvalue weighted by atomic mass is 32.2. The van der Waals surface area contributed by atoms with Gasteiger partial charge in [-0.25, -0.2) is 8.42 Å².